The van der Waals surface area contributed by atoms with Gasteiger partial charge in [0.1, 0.15) is 79.4 Å². The fraction of sp³-hybridized carbons (Fsp3) is 0.963. The SMILES string of the molecule is CC(=O)NC1[C@H](C[C@@H]2C(O)[C@H](O[C@@H]3C(CO)O[C@@H](O)C(O)[C@H]3O)OC(CO)[C@@H]2O)OC(CO)[C@@H](O[C@@H]2OC(CO)[C@H](O)[C@H](O)C2O)[C@@H]1O. The highest BCUT2D eigenvalue weighted by Gasteiger charge is 2.55. The van der Waals surface area contributed by atoms with Crippen LogP contribution in [0, 0.1) is 5.92 Å². The molecule has 0 aliphatic carbocycles. The molecule has 14 N–H and O–H groups in total. The maximum absolute atomic E-state index is 12.2. The van der Waals surface area contributed by atoms with E-state index in [1.54, 1.807) is 0 Å². The minimum atomic E-state index is -1.88. The Labute approximate surface area is 273 Å². The van der Waals surface area contributed by atoms with Crippen LogP contribution >= 0.6 is 0 Å². The van der Waals surface area contributed by atoms with Crippen molar-refractivity contribution in [3.8, 4) is 0 Å². The number of hydrogen-bond acceptors (Lipinski definition) is 20. The highest BCUT2D eigenvalue weighted by Crippen LogP contribution is 2.37. The standard InChI is InChI=1S/C27H47NO20/c1-7(33)28-14-9(43-12(5-31)23(18(14)37)47-27-22(41)19(38)17(36)11(4-30)46-27)2-8-15(34)10(3-29)45-26(16(8)35)48-24-13(6-32)44-25(42)21(40)20(24)39/h8-27,29-32,34-42H,2-6H2,1H3,(H,28,33)/t8-,9-,10?,11?,12?,13?,14?,15+,16?,17-,18+,19-,20+,21?,22?,23+,24+,25+,26-,27-/m0/s1. The van der Waals surface area contributed by atoms with Gasteiger partial charge in [-0.2, -0.15) is 0 Å². The Kier molecular flexibility index (Phi) is 13.8. The summed E-state index contributed by atoms with van der Waals surface area (Å²) in [5, 5.41) is 137. The minimum absolute atomic E-state index is 0.415. The van der Waals surface area contributed by atoms with Gasteiger partial charge in [0, 0.05) is 12.8 Å². The molecule has 21 heteroatoms. The average molecular weight is 706 g/mol. The molecule has 0 aromatic heterocycles. The van der Waals surface area contributed by atoms with Crippen molar-refractivity contribution in [1.82, 2.24) is 5.32 Å². The number of hydrogen-bond donors (Lipinski definition) is 14. The second kappa shape index (κ2) is 16.8. The molecule has 48 heavy (non-hydrogen) atoms. The molecular formula is C27H47NO20. The highest BCUT2D eigenvalue weighted by molar-refractivity contribution is 5.73. The van der Waals surface area contributed by atoms with E-state index in [2.05, 4.69) is 5.32 Å². The number of carbonyl (C=O) groups excluding carboxylic acids is 1. The van der Waals surface area contributed by atoms with Crippen LogP contribution in [0.1, 0.15) is 13.3 Å². The maximum atomic E-state index is 12.2. The summed E-state index contributed by atoms with van der Waals surface area (Å²) < 4.78 is 33.2. The second-order valence-electron chi connectivity index (χ2n) is 12.3. The van der Waals surface area contributed by atoms with E-state index in [4.69, 9.17) is 28.4 Å². The Hall–Kier alpha value is -1.29. The minimum Gasteiger partial charge on any atom is -0.394 e. The first-order valence-electron chi connectivity index (χ1n) is 15.4. The van der Waals surface area contributed by atoms with Crippen molar-refractivity contribution in [3.63, 3.8) is 0 Å². The zero-order valence-electron chi connectivity index (χ0n) is 25.8. The first kappa shape index (κ1) is 39.5. The van der Waals surface area contributed by atoms with Gasteiger partial charge in [-0.15, -0.1) is 0 Å². The quantitative estimate of drug-likeness (QED) is 0.0948. The summed E-state index contributed by atoms with van der Waals surface area (Å²) >= 11 is 0. The molecule has 4 rings (SSSR count). The predicted octanol–water partition coefficient (Wildman–Crippen LogP) is -8.94. The van der Waals surface area contributed by atoms with Gasteiger partial charge in [0.05, 0.1) is 44.7 Å². The number of carbonyl (C=O) groups is 1. The van der Waals surface area contributed by atoms with Gasteiger partial charge in [0.25, 0.3) is 0 Å². The lowest BCUT2D eigenvalue weighted by Crippen LogP contribution is -2.68. The van der Waals surface area contributed by atoms with Crippen LogP contribution in [0.15, 0.2) is 0 Å². The molecule has 280 valence electrons. The first-order valence-corrected chi connectivity index (χ1v) is 15.4. The summed E-state index contributed by atoms with van der Waals surface area (Å²) in [4.78, 5) is 12.2. The van der Waals surface area contributed by atoms with Gasteiger partial charge < -0.3 is 100 Å². The molecule has 4 fully saturated rings. The van der Waals surface area contributed by atoms with E-state index >= 15 is 0 Å². The molecular weight excluding hydrogens is 658 g/mol. The molecule has 4 saturated heterocycles. The number of aliphatic hydroxyl groups is 13. The van der Waals surface area contributed by atoms with Crippen molar-refractivity contribution in [3.05, 3.63) is 0 Å². The second-order valence-corrected chi connectivity index (χ2v) is 12.3. The molecule has 4 aliphatic rings. The summed E-state index contributed by atoms with van der Waals surface area (Å²) in [6, 6.07) is -1.39. The van der Waals surface area contributed by atoms with Crippen molar-refractivity contribution in [2.75, 3.05) is 26.4 Å². The van der Waals surface area contributed by atoms with E-state index in [9.17, 15) is 71.2 Å². The van der Waals surface area contributed by atoms with Crippen LogP contribution in [0.4, 0.5) is 0 Å². The van der Waals surface area contributed by atoms with E-state index in [1.165, 1.54) is 0 Å². The molecule has 0 aromatic rings. The average Bonchev–Trinajstić information content (AvgIpc) is 3.06. The molecule has 0 spiro atoms. The molecule has 4 aliphatic heterocycles. The lowest BCUT2D eigenvalue weighted by Gasteiger charge is -2.50. The van der Waals surface area contributed by atoms with Crippen LogP contribution in [-0.2, 0) is 33.2 Å². The fourth-order valence-corrected chi connectivity index (χ4v) is 6.51. The van der Waals surface area contributed by atoms with Crippen molar-refractivity contribution in [2.24, 2.45) is 5.92 Å². The Bertz CT molecular complexity index is 1030. The molecule has 0 radical (unpaired) electrons. The maximum Gasteiger partial charge on any atom is 0.217 e. The largest absolute Gasteiger partial charge is 0.394 e. The van der Waals surface area contributed by atoms with E-state index in [-0.39, 0.29) is 0 Å². The van der Waals surface area contributed by atoms with Crippen molar-refractivity contribution >= 4 is 5.91 Å². The van der Waals surface area contributed by atoms with Crippen molar-refractivity contribution in [2.45, 2.75) is 130 Å². The first-order chi connectivity index (χ1) is 22.7. The Morgan fingerprint density at radius 1 is 0.542 bits per heavy atom. The molecule has 8 unspecified atom stereocenters. The Morgan fingerprint density at radius 3 is 1.58 bits per heavy atom. The van der Waals surface area contributed by atoms with Gasteiger partial charge in [0.2, 0.25) is 5.91 Å². The van der Waals surface area contributed by atoms with E-state index in [0.29, 0.717) is 0 Å². The zero-order valence-corrected chi connectivity index (χ0v) is 25.8. The molecule has 4 heterocycles. The van der Waals surface area contributed by atoms with Crippen LogP contribution in [0.2, 0.25) is 0 Å². The molecule has 0 bridgehead atoms. The number of amides is 1. The van der Waals surface area contributed by atoms with E-state index in [1.807, 2.05) is 0 Å². The number of rotatable bonds is 11. The van der Waals surface area contributed by atoms with Crippen LogP contribution in [0.5, 0.6) is 0 Å². The van der Waals surface area contributed by atoms with Gasteiger partial charge in [-0.25, -0.2) is 0 Å². The van der Waals surface area contributed by atoms with Gasteiger partial charge >= 0.3 is 0 Å². The van der Waals surface area contributed by atoms with Crippen LogP contribution < -0.4 is 5.32 Å². The molecule has 20 atom stereocenters. The number of nitrogens with one attached hydrogen (secondary N) is 1. The summed E-state index contributed by atoms with van der Waals surface area (Å²) in [7, 11) is 0. The van der Waals surface area contributed by atoms with Gasteiger partial charge in [-0.1, -0.05) is 0 Å². The number of ether oxygens (including phenoxy) is 6. The third-order valence-electron chi connectivity index (χ3n) is 9.17. The van der Waals surface area contributed by atoms with Gasteiger partial charge in [-0.3, -0.25) is 4.79 Å². The smallest absolute Gasteiger partial charge is 0.217 e. The van der Waals surface area contributed by atoms with E-state index < -0.39 is 161 Å². The van der Waals surface area contributed by atoms with Crippen molar-refractivity contribution < 1.29 is 99.6 Å². The number of aliphatic hydroxyl groups excluding tert-OH is 13. The van der Waals surface area contributed by atoms with Gasteiger partial charge in [0.15, 0.2) is 18.9 Å². The topological polar surface area (TPSA) is 347 Å². The molecule has 21 nitrogen and oxygen atoms in total. The van der Waals surface area contributed by atoms with Crippen LogP contribution in [0.25, 0.3) is 0 Å². The summed E-state index contributed by atoms with van der Waals surface area (Å²) in [6.45, 7) is -2.11. The third kappa shape index (κ3) is 8.10. The van der Waals surface area contributed by atoms with Crippen molar-refractivity contribution in [1.29, 1.82) is 0 Å². The fourth-order valence-electron chi connectivity index (χ4n) is 6.51. The Balaban J connectivity index is 1.56. The lowest BCUT2D eigenvalue weighted by atomic mass is 9.80. The lowest BCUT2D eigenvalue weighted by molar-refractivity contribution is -0.354. The Morgan fingerprint density at radius 2 is 1.04 bits per heavy atom. The zero-order chi connectivity index (χ0) is 35.6. The van der Waals surface area contributed by atoms with E-state index in [0.717, 1.165) is 6.92 Å². The normalized spacial score (nSPS) is 50.2. The molecule has 1 amide bonds. The molecule has 0 saturated carbocycles. The summed E-state index contributed by atoms with van der Waals surface area (Å²) in [5.41, 5.74) is 0. The summed E-state index contributed by atoms with van der Waals surface area (Å²) in [5.74, 6) is -2.01. The highest BCUT2D eigenvalue weighted by atomic mass is 16.7. The summed E-state index contributed by atoms with van der Waals surface area (Å²) in [6.07, 6.45) is -30.2. The third-order valence-corrected chi connectivity index (χ3v) is 9.17. The molecule has 0 aromatic carbocycles. The van der Waals surface area contributed by atoms with Crippen LogP contribution in [-0.4, -0.2) is 215 Å². The monoisotopic (exact) mass is 705 g/mol. The van der Waals surface area contributed by atoms with Crippen LogP contribution in [0.3, 0.4) is 0 Å². The predicted molar refractivity (Wildman–Crippen MR) is 149 cm³/mol. The van der Waals surface area contributed by atoms with Gasteiger partial charge in [-0.05, 0) is 6.42 Å².